The van der Waals surface area contributed by atoms with Gasteiger partial charge >= 0.3 is 6.09 Å². The largest absolute Gasteiger partial charge is 0.465 e. The lowest BCUT2D eigenvalue weighted by molar-refractivity contribution is -0.117. The predicted molar refractivity (Wildman–Crippen MR) is 125 cm³/mol. The first-order chi connectivity index (χ1) is 16.3. The van der Waals surface area contributed by atoms with E-state index in [0.717, 1.165) is 11.8 Å². The summed E-state index contributed by atoms with van der Waals surface area (Å²) >= 11 is 1.04. The van der Waals surface area contributed by atoms with Gasteiger partial charge in [0.1, 0.15) is 28.2 Å². The molecule has 0 saturated carbocycles. The summed E-state index contributed by atoms with van der Waals surface area (Å²) in [6.45, 7) is 2.19. The maximum atomic E-state index is 12.3. The molecule has 1 saturated heterocycles. The zero-order valence-electron chi connectivity index (χ0n) is 18.4. The van der Waals surface area contributed by atoms with E-state index in [1.807, 2.05) is 13.0 Å². The smallest absolute Gasteiger partial charge is 0.404 e. The monoisotopic (exact) mass is 480 g/mol. The summed E-state index contributed by atoms with van der Waals surface area (Å²) in [5, 5.41) is 41.0. The molecule has 11 heteroatoms. The van der Waals surface area contributed by atoms with E-state index < -0.39 is 29.4 Å². The van der Waals surface area contributed by atoms with Gasteiger partial charge in [0.25, 0.3) is 0 Å². The van der Waals surface area contributed by atoms with Crippen LogP contribution < -0.4 is 16.0 Å². The van der Waals surface area contributed by atoms with E-state index in [0.29, 0.717) is 30.5 Å². The van der Waals surface area contributed by atoms with E-state index in [-0.39, 0.29) is 28.5 Å². The number of nitrogens with zero attached hydrogens (tertiary/aromatic N) is 4. The molecule has 2 heterocycles. The number of rotatable bonds is 7. The van der Waals surface area contributed by atoms with Crippen LogP contribution in [0.2, 0.25) is 0 Å². The standard InChI is InChI=1S/C23H24N6O4S/c1-2-14-15(10-24)21(29-9-8-17(18(30)12-29)27-23(32)33)28-22(16(14)11-25)34-19(20(26)31)13-6-4-3-5-7-13/h3-7,17-19,27,30H,2,8-9,12H2,1H3,(H2,26,31)(H,32,33)/t17-,18+,19+/m0/s1. The molecule has 2 aromatic rings. The second-order valence-corrected chi connectivity index (χ2v) is 8.81. The molecule has 176 valence electrons. The van der Waals surface area contributed by atoms with Crippen LogP contribution in [0.3, 0.4) is 0 Å². The van der Waals surface area contributed by atoms with Crippen molar-refractivity contribution >= 4 is 29.6 Å². The number of anilines is 1. The number of amides is 2. The maximum Gasteiger partial charge on any atom is 0.404 e. The number of hydrogen-bond donors (Lipinski definition) is 4. The highest BCUT2D eigenvalue weighted by atomic mass is 32.2. The molecule has 1 aromatic heterocycles. The quantitative estimate of drug-likeness (QED) is 0.431. The van der Waals surface area contributed by atoms with Crippen LogP contribution in [0.15, 0.2) is 35.4 Å². The zero-order valence-corrected chi connectivity index (χ0v) is 19.2. The van der Waals surface area contributed by atoms with E-state index in [1.54, 1.807) is 29.2 Å². The van der Waals surface area contributed by atoms with Gasteiger partial charge in [-0.15, -0.1) is 0 Å². The predicted octanol–water partition coefficient (Wildman–Crippen LogP) is 1.91. The van der Waals surface area contributed by atoms with Crippen LogP contribution in [-0.4, -0.2) is 52.4 Å². The number of β-amino-alcohol motifs (C(OH)–C–C–N with tert-alkyl or cyclic N) is 1. The second-order valence-electron chi connectivity index (χ2n) is 7.72. The molecule has 3 rings (SSSR count). The minimum Gasteiger partial charge on any atom is -0.465 e. The average molecular weight is 481 g/mol. The molecule has 10 nitrogen and oxygen atoms in total. The number of nitriles is 2. The highest BCUT2D eigenvalue weighted by Crippen LogP contribution is 2.39. The molecule has 0 bridgehead atoms. The third kappa shape index (κ3) is 5.22. The van der Waals surface area contributed by atoms with Crippen molar-refractivity contribution < 1.29 is 19.8 Å². The lowest BCUT2D eigenvalue weighted by Crippen LogP contribution is -2.54. The normalized spacial score (nSPS) is 18.4. The third-order valence-electron chi connectivity index (χ3n) is 5.61. The highest BCUT2D eigenvalue weighted by Gasteiger charge is 2.33. The lowest BCUT2D eigenvalue weighted by atomic mass is 9.98. The van der Waals surface area contributed by atoms with Crippen molar-refractivity contribution in [3.05, 3.63) is 52.6 Å². The molecule has 1 aliphatic rings. The molecule has 3 atom stereocenters. The molecule has 0 unspecified atom stereocenters. The summed E-state index contributed by atoms with van der Waals surface area (Å²) in [6.07, 6.45) is -1.56. The van der Waals surface area contributed by atoms with Crippen LogP contribution in [0, 0.1) is 22.7 Å². The Balaban J connectivity index is 2.06. The number of aliphatic hydroxyl groups excluding tert-OH is 1. The van der Waals surface area contributed by atoms with Gasteiger partial charge in [0.2, 0.25) is 5.91 Å². The number of carboxylic acid groups (broad SMARTS) is 1. The molecule has 5 N–H and O–H groups in total. The van der Waals surface area contributed by atoms with Crippen LogP contribution in [0.4, 0.5) is 10.6 Å². The van der Waals surface area contributed by atoms with Gasteiger partial charge in [-0.25, -0.2) is 9.78 Å². The molecule has 1 aromatic carbocycles. The molecule has 1 aliphatic heterocycles. The fraction of sp³-hybridized carbons (Fsp3) is 0.348. The summed E-state index contributed by atoms with van der Waals surface area (Å²) in [5.41, 5.74) is 7.24. The molecule has 0 aliphatic carbocycles. The Morgan fingerprint density at radius 2 is 1.97 bits per heavy atom. The fourth-order valence-electron chi connectivity index (χ4n) is 3.98. The Morgan fingerprint density at radius 1 is 1.29 bits per heavy atom. The summed E-state index contributed by atoms with van der Waals surface area (Å²) in [5.74, 6) is -0.313. The Morgan fingerprint density at radius 3 is 2.50 bits per heavy atom. The van der Waals surface area contributed by atoms with Gasteiger partial charge in [0.05, 0.1) is 23.3 Å². The molecule has 34 heavy (non-hydrogen) atoms. The van der Waals surface area contributed by atoms with Gasteiger partial charge in [-0.2, -0.15) is 10.5 Å². The third-order valence-corrected chi connectivity index (χ3v) is 6.87. The number of piperidine rings is 1. The van der Waals surface area contributed by atoms with Gasteiger partial charge in [-0.05, 0) is 24.0 Å². The number of nitrogens with one attached hydrogen (secondary N) is 1. The SMILES string of the molecule is CCc1c(C#N)c(S[C@@H](C(N)=O)c2ccccc2)nc(N2CC[C@H](NC(=O)O)[C@H](O)C2)c1C#N. The first kappa shape index (κ1) is 24.8. The molecule has 1 fully saturated rings. The Labute approximate surface area is 201 Å². The van der Waals surface area contributed by atoms with Gasteiger partial charge in [0, 0.05) is 13.1 Å². The van der Waals surface area contributed by atoms with Crippen LogP contribution in [0.1, 0.15) is 40.8 Å². The molecule has 0 radical (unpaired) electrons. The number of aliphatic hydroxyl groups is 1. The number of primary amides is 1. The van der Waals surface area contributed by atoms with Crippen molar-refractivity contribution in [2.45, 2.75) is 42.2 Å². The first-order valence-corrected chi connectivity index (χ1v) is 11.5. The Hall–Kier alpha value is -3.80. The minimum absolute atomic E-state index is 0.0454. The molecule has 0 spiro atoms. The van der Waals surface area contributed by atoms with Crippen molar-refractivity contribution in [2.75, 3.05) is 18.0 Å². The van der Waals surface area contributed by atoms with Crippen LogP contribution >= 0.6 is 11.8 Å². The molecular formula is C23H24N6O4S. The van der Waals surface area contributed by atoms with Gasteiger partial charge < -0.3 is 26.2 Å². The topological polar surface area (TPSA) is 176 Å². The van der Waals surface area contributed by atoms with E-state index in [4.69, 9.17) is 10.8 Å². The van der Waals surface area contributed by atoms with Crippen LogP contribution in [-0.2, 0) is 11.2 Å². The molecular weight excluding hydrogens is 456 g/mol. The number of thioether (sulfide) groups is 1. The van der Waals surface area contributed by atoms with Crippen LogP contribution in [0.5, 0.6) is 0 Å². The maximum absolute atomic E-state index is 12.3. The van der Waals surface area contributed by atoms with Gasteiger partial charge in [0.15, 0.2) is 0 Å². The summed E-state index contributed by atoms with van der Waals surface area (Å²) in [7, 11) is 0. The average Bonchev–Trinajstić information content (AvgIpc) is 2.82. The first-order valence-electron chi connectivity index (χ1n) is 10.6. The van der Waals surface area contributed by atoms with E-state index in [1.165, 1.54) is 0 Å². The van der Waals surface area contributed by atoms with Crippen LogP contribution in [0.25, 0.3) is 0 Å². The zero-order chi connectivity index (χ0) is 24.8. The number of carbonyl (C=O) groups is 2. The minimum atomic E-state index is -1.22. The lowest BCUT2D eigenvalue weighted by Gasteiger charge is -2.37. The Bertz CT molecular complexity index is 1160. The van der Waals surface area contributed by atoms with Gasteiger partial charge in [-0.3, -0.25) is 4.79 Å². The Kier molecular flexibility index (Phi) is 7.95. The van der Waals surface area contributed by atoms with Crippen molar-refractivity contribution in [1.82, 2.24) is 10.3 Å². The number of aromatic nitrogens is 1. The summed E-state index contributed by atoms with van der Waals surface area (Å²) in [4.78, 5) is 29.6. The summed E-state index contributed by atoms with van der Waals surface area (Å²) < 4.78 is 0. The summed E-state index contributed by atoms with van der Waals surface area (Å²) in [6, 6.07) is 12.5. The highest BCUT2D eigenvalue weighted by molar-refractivity contribution is 8.00. The van der Waals surface area contributed by atoms with Gasteiger partial charge in [-0.1, -0.05) is 49.0 Å². The van der Waals surface area contributed by atoms with E-state index >= 15 is 0 Å². The number of benzene rings is 1. The number of carbonyl (C=O) groups excluding carboxylic acids is 1. The number of hydrogen-bond acceptors (Lipinski definition) is 8. The number of pyridine rings is 1. The van der Waals surface area contributed by atoms with E-state index in [2.05, 4.69) is 22.4 Å². The number of nitrogens with two attached hydrogens (primary N) is 1. The van der Waals surface area contributed by atoms with Crippen molar-refractivity contribution in [3.63, 3.8) is 0 Å². The van der Waals surface area contributed by atoms with Crippen molar-refractivity contribution in [3.8, 4) is 12.1 Å². The molecule has 2 amide bonds. The fourth-order valence-corrected chi connectivity index (χ4v) is 5.04. The second kappa shape index (κ2) is 10.9. The van der Waals surface area contributed by atoms with Crippen molar-refractivity contribution in [2.24, 2.45) is 5.73 Å². The van der Waals surface area contributed by atoms with E-state index in [9.17, 15) is 25.2 Å². The van der Waals surface area contributed by atoms with Crippen molar-refractivity contribution in [1.29, 1.82) is 10.5 Å².